The fourth-order valence-corrected chi connectivity index (χ4v) is 1.21. The molecule has 1 heterocycles. The van der Waals surface area contributed by atoms with Gasteiger partial charge in [0.05, 0.1) is 17.9 Å². The summed E-state index contributed by atoms with van der Waals surface area (Å²) in [6.07, 6.45) is 1.94. The van der Waals surface area contributed by atoms with Gasteiger partial charge in [-0.2, -0.15) is 5.01 Å². The van der Waals surface area contributed by atoms with Gasteiger partial charge in [-0.3, -0.25) is 0 Å². The first-order valence-electron chi connectivity index (χ1n) is 3.34. The molecule has 0 spiro atoms. The Labute approximate surface area is 58.9 Å². The van der Waals surface area contributed by atoms with E-state index in [2.05, 4.69) is 10.8 Å². The van der Waals surface area contributed by atoms with Crippen molar-refractivity contribution in [2.24, 2.45) is 5.29 Å². The predicted octanol–water partition coefficient (Wildman–Crippen LogP) is -0.371. The van der Waals surface area contributed by atoms with Crippen molar-refractivity contribution < 1.29 is 5.11 Å². The summed E-state index contributed by atoms with van der Waals surface area (Å²) in [6, 6.07) is 0.0673. The first kappa shape index (κ1) is 7.43. The Hall–Kier alpha value is -0.680. The second-order valence-corrected chi connectivity index (χ2v) is 2.36. The van der Waals surface area contributed by atoms with Crippen molar-refractivity contribution >= 4 is 0 Å². The summed E-state index contributed by atoms with van der Waals surface area (Å²) in [4.78, 5) is 9.74. The van der Waals surface area contributed by atoms with E-state index >= 15 is 0 Å². The third kappa shape index (κ3) is 1.43. The first-order chi connectivity index (χ1) is 4.88. The van der Waals surface area contributed by atoms with E-state index in [9.17, 15) is 4.91 Å². The number of nitrogens with one attached hydrogen (secondary N) is 1. The highest BCUT2D eigenvalue weighted by molar-refractivity contribution is 4.74. The molecule has 10 heavy (non-hydrogen) atoms. The summed E-state index contributed by atoms with van der Waals surface area (Å²) >= 11 is 0. The van der Waals surface area contributed by atoms with Gasteiger partial charge in [0.15, 0.2) is 0 Å². The molecule has 58 valence electrons. The van der Waals surface area contributed by atoms with E-state index in [1.165, 1.54) is 0 Å². The molecule has 0 aromatic heterocycles. The van der Waals surface area contributed by atoms with Gasteiger partial charge in [-0.05, 0) is 12.8 Å². The van der Waals surface area contributed by atoms with Crippen LogP contribution in [0.1, 0.15) is 12.8 Å². The van der Waals surface area contributed by atoms with Crippen LogP contribution >= 0.6 is 0 Å². The molecular formula is C5H11N3O2. The minimum Gasteiger partial charge on any atom is -0.395 e. The van der Waals surface area contributed by atoms with Gasteiger partial charge in [0.1, 0.15) is 0 Å². The number of rotatable bonds is 3. The average Bonchev–Trinajstić information content (AvgIpc) is 2.36. The normalized spacial score (nSPS) is 26.7. The van der Waals surface area contributed by atoms with Crippen LogP contribution in [0.4, 0.5) is 0 Å². The third-order valence-corrected chi connectivity index (χ3v) is 1.76. The monoisotopic (exact) mass is 145 g/mol. The number of hydrogen-bond acceptors (Lipinski definition) is 4. The molecule has 0 bridgehead atoms. The zero-order valence-electron chi connectivity index (χ0n) is 5.66. The maximum Gasteiger partial charge on any atom is 0.0658 e. The average molecular weight is 145 g/mol. The van der Waals surface area contributed by atoms with Gasteiger partial charge < -0.3 is 5.11 Å². The van der Waals surface area contributed by atoms with Gasteiger partial charge in [-0.15, -0.1) is 4.91 Å². The quantitative estimate of drug-likeness (QED) is 0.420. The SMILES string of the molecule is O=NNN1CCCC1CO. The second kappa shape index (κ2) is 3.48. The fourth-order valence-electron chi connectivity index (χ4n) is 1.21. The number of nitrogens with zero attached hydrogens (tertiary/aromatic N) is 2. The van der Waals surface area contributed by atoms with E-state index in [0.717, 1.165) is 19.4 Å². The molecule has 1 fully saturated rings. The zero-order valence-corrected chi connectivity index (χ0v) is 5.66. The molecule has 0 saturated carbocycles. The molecule has 1 aliphatic heterocycles. The molecule has 1 unspecified atom stereocenters. The van der Waals surface area contributed by atoms with Crippen LogP contribution in [0.5, 0.6) is 0 Å². The molecule has 0 radical (unpaired) electrons. The fraction of sp³-hybridized carbons (Fsp3) is 1.00. The zero-order chi connectivity index (χ0) is 7.40. The molecule has 0 aliphatic carbocycles. The third-order valence-electron chi connectivity index (χ3n) is 1.76. The Morgan fingerprint density at radius 3 is 3.20 bits per heavy atom. The lowest BCUT2D eigenvalue weighted by atomic mass is 10.2. The van der Waals surface area contributed by atoms with Gasteiger partial charge in [0.2, 0.25) is 0 Å². The lowest BCUT2D eigenvalue weighted by molar-refractivity contribution is 0.113. The minimum atomic E-state index is 0.0673. The molecular weight excluding hydrogens is 134 g/mol. The van der Waals surface area contributed by atoms with Crippen LogP contribution < -0.4 is 5.53 Å². The maximum atomic E-state index is 9.74. The van der Waals surface area contributed by atoms with Crippen LogP contribution in [0.2, 0.25) is 0 Å². The van der Waals surface area contributed by atoms with Gasteiger partial charge in [0, 0.05) is 6.54 Å². The topological polar surface area (TPSA) is 64.9 Å². The van der Waals surface area contributed by atoms with Crippen LogP contribution in [-0.2, 0) is 0 Å². The summed E-state index contributed by atoms with van der Waals surface area (Å²) in [5.74, 6) is 0. The Morgan fingerprint density at radius 2 is 2.60 bits per heavy atom. The number of hydrogen-bond donors (Lipinski definition) is 2. The predicted molar refractivity (Wildman–Crippen MR) is 35.7 cm³/mol. The van der Waals surface area contributed by atoms with Crippen molar-refractivity contribution in [2.75, 3.05) is 13.2 Å². The minimum absolute atomic E-state index is 0.0673. The van der Waals surface area contributed by atoms with E-state index in [0.29, 0.717) is 0 Å². The Bertz CT molecular complexity index is 119. The number of aliphatic hydroxyl groups is 1. The van der Waals surface area contributed by atoms with Crippen molar-refractivity contribution in [1.82, 2.24) is 10.5 Å². The van der Waals surface area contributed by atoms with Crippen LogP contribution in [0, 0.1) is 4.91 Å². The highest BCUT2D eigenvalue weighted by atomic mass is 16.3. The number of aliphatic hydroxyl groups excluding tert-OH is 1. The summed E-state index contributed by atoms with van der Waals surface area (Å²) in [5.41, 5.74) is 2.29. The van der Waals surface area contributed by atoms with Crippen molar-refractivity contribution in [1.29, 1.82) is 0 Å². The molecule has 1 atom stereocenters. The van der Waals surface area contributed by atoms with Gasteiger partial charge >= 0.3 is 0 Å². The molecule has 5 heteroatoms. The molecule has 1 rings (SSSR count). The number of nitroso groups, excluding NO2 is 1. The molecule has 2 N–H and O–H groups in total. The molecule has 1 saturated heterocycles. The van der Waals surface area contributed by atoms with E-state index in [-0.39, 0.29) is 12.6 Å². The van der Waals surface area contributed by atoms with Gasteiger partial charge in [-0.25, -0.2) is 5.53 Å². The molecule has 0 amide bonds. The Kier molecular flexibility index (Phi) is 2.58. The van der Waals surface area contributed by atoms with Crippen LogP contribution in [0.15, 0.2) is 5.29 Å². The molecule has 0 aromatic rings. The smallest absolute Gasteiger partial charge is 0.0658 e. The van der Waals surface area contributed by atoms with Crippen molar-refractivity contribution in [3.05, 3.63) is 4.91 Å². The lowest BCUT2D eigenvalue weighted by Gasteiger charge is -2.18. The highest BCUT2D eigenvalue weighted by Crippen LogP contribution is 2.13. The van der Waals surface area contributed by atoms with Gasteiger partial charge in [-0.1, -0.05) is 0 Å². The summed E-state index contributed by atoms with van der Waals surface area (Å²) in [5, 5.41) is 12.9. The standard InChI is InChI=1S/C5H11N3O2/c9-4-5-2-1-3-8(5)6-7-10/h5,9H,1-4H2,(H,6,10). The summed E-state index contributed by atoms with van der Waals surface area (Å²) in [7, 11) is 0. The van der Waals surface area contributed by atoms with Crippen LogP contribution in [-0.4, -0.2) is 29.3 Å². The molecule has 0 aromatic carbocycles. The Balaban J connectivity index is 2.34. The first-order valence-corrected chi connectivity index (χ1v) is 3.34. The van der Waals surface area contributed by atoms with E-state index in [1.807, 2.05) is 0 Å². The summed E-state index contributed by atoms with van der Waals surface area (Å²) in [6.45, 7) is 0.874. The van der Waals surface area contributed by atoms with Crippen molar-refractivity contribution in [2.45, 2.75) is 18.9 Å². The van der Waals surface area contributed by atoms with Gasteiger partial charge in [0.25, 0.3) is 0 Å². The van der Waals surface area contributed by atoms with E-state index in [4.69, 9.17) is 5.11 Å². The van der Waals surface area contributed by atoms with E-state index in [1.54, 1.807) is 5.01 Å². The highest BCUT2D eigenvalue weighted by Gasteiger charge is 2.23. The maximum absolute atomic E-state index is 9.74. The number of hydrazine groups is 1. The Morgan fingerprint density at radius 1 is 1.80 bits per heavy atom. The molecule has 1 aliphatic rings. The van der Waals surface area contributed by atoms with E-state index < -0.39 is 0 Å². The lowest BCUT2D eigenvalue weighted by Crippen LogP contribution is -2.40. The molecule has 5 nitrogen and oxygen atoms in total. The van der Waals surface area contributed by atoms with Crippen molar-refractivity contribution in [3.63, 3.8) is 0 Å². The van der Waals surface area contributed by atoms with Crippen molar-refractivity contribution in [3.8, 4) is 0 Å². The largest absolute Gasteiger partial charge is 0.395 e. The van der Waals surface area contributed by atoms with Crippen LogP contribution in [0.3, 0.4) is 0 Å². The summed E-state index contributed by atoms with van der Waals surface area (Å²) < 4.78 is 0. The second-order valence-electron chi connectivity index (χ2n) is 2.36. The van der Waals surface area contributed by atoms with Crippen LogP contribution in [0.25, 0.3) is 0 Å².